The smallest absolute Gasteiger partial charge is 0.268 e. The molecule has 0 atom stereocenters. The van der Waals surface area contributed by atoms with Gasteiger partial charge < -0.3 is 10.5 Å². The highest BCUT2D eigenvalue weighted by Gasteiger charge is 2.18. The van der Waals surface area contributed by atoms with Crippen molar-refractivity contribution in [2.75, 3.05) is 7.11 Å². The zero-order valence-electron chi connectivity index (χ0n) is 11.5. The van der Waals surface area contributed by atoms with E-state index in [2.05, 4.69) is 4.98 Å². The highest BCUT2D eigenvalue weighted by Crippen LogP contribution is 2.36. The molecule has 3 rings (SSSR count). The maximum atomic E-state index is 11.6. The Morgan fingerprint density at radius 3 is 2.24 bits per heavy atom. The summed E-state index contributed by atoms with van der Waals surface area (Å²) < 4.78 is 5.38. The molecule has 0 saturated heterocycles. The highest BCUT2D eigenvalue weighted by atomic mass is 16.5. The molecule has 3 aromatic rings. The Hall–Kier alpha value is -2.88. The Kier molecular flexibility index (Phi) is 3.28. The molecule has 0 unspecified atom stereocenters. The first-order valence-corrected chi connectivity index (χ1v) is 6.54. The van der Waals surface area contributed by atoms with Crippen LogP contribution in [-0.4, -0.2) is 18.0 Å². The van der Waals surface area contributed by atoms with Gasteiger partial charge in [0.2, 0.25) is 5.88 Å². The van der Waals surface area contributed by atoms with Gasteiger partial charge in [-0.1, -0.05) is 54.6 Å². The van der Waals surface area contributed by atoms with Crippen LogP contribution in [0.15, 0.2) is 54.6 Å². The second-order valence-corrected chi connectivity index (χ2v) is 4.62. The Bertz CT molecular complexity index is 814. The van der Waals surface area contributed by atoms with Crippen LogP contribution in [-0.2, 0) is 0 Å². The Morgan fingerprint density at radius 2 is 1.62 bits per heavy atom. The van der Waals surface area contributed by atoms with Crippen LogP contribution in [0.5, 0.6) is 5.88 Å². The molecule has 0 aliphatic heterocycles. The second-order valence-electron chi connectivity index (χ2n) is 4.62. The average molecular weight is 278 g/mol. The first-order valence-electron chi connectivity index (χ1n) is 6.54. The van der Waals surface area contributed by atoms with E-state index in [-0.39, 0.29) is 5.69 Å². The lowest BCUT2D eigenvalue weighted by atomic mass is 9.98. The number of nitrogens with zero attached hydrogens (tertiary/aromatic N) is 1. The molecular weight excluding hydrogens is 264 g/mol. The van der Waals surface area contributed by atoms with Crippen LogP contribution in [0.25, 0.3) is 21.9 Å². The van der Waals surface area contributed by atoms with Gasteiger partial charge >= 0.3 is 0 Å². The minimum absolute atomic E-state index is 0.224. The predicted molar refractivity (Wildman–Crippen MR) is 82.2 cm³/mol. The van der Waals surface area contributed by atoms with Crippen LogP contribution in [0, 0.1) is 0 Å². The van der Waals surface area contributed by atoms with Gasteiger partial charge in [-0.25, -0.2) is 4.98 Å². The molecule has 0 aliphatic carbocycles. The number of carbonyl (C=O) groups excluding carboxylic acids is 1. The zero-order valence-corrected chi connectivity index (χ0v) is 11.5. The van der Waals surface area contributed by atoms with Gasteiger partial charge in [0.1, 0.15) is 5.69 Å². The monoisotopic (exact) mass is 278 g/mol. The number of amides is 1. The van der Waals surface area contributed by atoms with E-state index < -0.39 is 5.91 Å². The summed E-state index contributed by atoms with van der Waals surface area (Å²) in [5.74, 6) is -0.169. The number of rotatable bonds is 3. The van der Waals surface area contributed by atoms with Crippen LogP contribution in [0.1, 0.15) is 10.5 Å². The fourth-order valence-corrected chi connectivity index (χ4v) is 2.46. The average Bonchev–Trinajstić information content (AvgIpc) is 2.53. The number of carbonyl (C=O) groups is 1. The lowest BCUT2D eigenvalue weighted by molar-refractivity contribution is 0.0996. The Morgan fingerprint density at radius 1 is 1.00 bits per heavy atom. The molecule has 0 bridgehead atoms. The molecule has 104 valence electrons. The van der Waals surface area contributed by atoms with Crippen LogP contribution in [0.3, 0.4) is 0 Å². The minimum Gasteiger partial charge on any atom is -0.481 e. The molecule has 1 amide bonds. The van der Waals surface area contributed by atoms with Crippen molar-refractivity contribution in [3.05, 3.63) is 60.3 Å². The molecule has 4 nitrogen and oxygen atoms in total. The SMILES string of the molecule is COc1nc(C(N)=O)c2ccccc2c1-c1ccccc1. The number of fused-ring (bicyclic) bond motifs is 1. The topological polar surface area (TPSA) is 65.2 Å². The third kappa shape index (κ3) is 2.21. The van der Waals surface area contributed by atoms with Crippen molar-refractivity contribution in [2.24, 2.45) is 5.73 Å². The van der Waals surface area contributed by atoms with Crippen molar-refractivity contribution < 1.29 is 9.53 Å². The summed E-state index contributed by atoms with van der Waals surface area (Å²) >= 11 is 0. The molecule has 1 heterocycles. The van der Waals surface area contributed by atoms with E-state index in [0.717, 1.165) is 21.9 Å². The fourth-order valence-electron chi connectivity index (χ4n) is 2.46. The lowest BCUT2D eigenvalue weighted by Crippen LogP contribution is -2.14. The first-order chi connectivity index (χ1) is 10.2. The van der Waals surface area contributed by atoms with E-state index >= 15 is 0 Å². The number of benzene rings is 2. The van der Waals surface area contributed by atoms with Crippen LogP contribution >= 0.6 is 0 Å². The molecular formula is C17H14N2O2. The van der Waals surface area contributed by atoms with Gasteiger partial charge in [0.15, 0.2) is 0 Å². The third-order valence-electron chi connectivity index (χ3n) is 3.37. The minimum atomic E-state index is -0.566. The normalized spacial score (nSPS) is 10.5. The van der Waals surface area contributed by atoms with Crippen LogP contribution in [0.2, 0.25) is 0 Å². The molecule has 4 heteroatoms. The standard InChI is InChI=1S/C17H14N2O2/c1-21-17-14(11-7-3-2-4-8-11)12-9-5-6-10-13(12)15(19-17)16(18)20/h2-10H,1H3,(H2,18,20). The van der Waals surface area contributed by atoms with Crippen molar-refractivity contribution in [3.63, 3.8) is 0 Å². The predicted octanol–water partition coefficient (Wildman–Crippen LogP) is 3.01. The fraction of sp³-hybridized carbons (Fsp3) is 0.0588. The summed E-state index contributed by atoms with van der Waals surface area (Å²) in [7, 11) is 1.54. The van der Waals surface area contributed by atoms with Gasteiger partial charge in [0.25, 0.3) is 5.91 Å². The molecule has 0 aliphatic rings. The maximum Gasteiger partial charge on any atom is 0.268 e. The van der Waals surface area contributed by atoms with Crippen molar-refractivity contribution >= 4 is 16.7 Å². The largest absolute Gasteiger partial charge is 0.481 e. The molecule has 0 radical (unpaired) electrons. The molecule has 1 aromatic heterocycles. The molecule has 0 saturated carbocycles. The number of hydrogen-bond acceptors (Lipinski definition) is 3. The van der Waals surface area contributed by atoms with Gasteiger partial charge in [0.05, 0.1) is 12.7 Å². The summed E-state index contributed by atoms with van der Waals surface area (Å²) in [6.45, 7) is 0. The van der Waals surface area contributed by atoms with Crippen LogP contribution in [0.4, 0.5) is 0 Å². The number of pyridine rings is 1. The summed E-state index contributed by atoms with van der Waals surface area (Å²) in [5.41, 5.74) is 7.50. The molecule has 2 N–H and O–H groups in total. The molecule has 0 spiro atoms. The molecule has 0 fully saturated rings. The number of aromatic nitrogens is 1. The Labute approximate surface area is 122 Å². The second kappa shape index (κ2) is 5.25. The van der Waals surface area contributed by atoms with Gasteiger partial charge in [-0.05, 0) is 10.9 Å². The van der Waals surface area contributed by atoms with Crippen molar-refractivity contribution in [1.82, 2.24) is 4.98 Å². The van der Waals surface area contributed by atoms with Gasteiger partial charge in [-0.2, -0.15) is 0 Å². The van der Waals surface area contributed by atoms with Gasteiger partial charge in [0, 0.05) is 5.39 Å². The van der Waals surface area contributed by atoms with Crippen molar-refractivity contribution in [2.45, 2.75) is 0 Å². The van der Waals surface area contributed by atoms with E-state index in [9.17, 15) is 4.79 Å². The van der Waals surface area contributed by atoms with Crippen molar-refractivity contribution in [1.29, 1.82) is 0 Å². The first kappa shape index (κ1) is 13.1. The Balaban J connectivity index is 2.44. The summed E-state index contributed by atoms with van der Waals surface area (Å²) in [5, 5.41) is 1.62. The zero-order chi connectivity index (χ0) is 14.8. The summed E-state index contributed by atoms with van der Waals surface area (Å²) in [4.78, 5) is 15.9. The summed E-state index contributed by atoms with van der Waals surface area (Å²) in [6.07, 6.45) is 0. The number of primary amides is 1. The maximum absolute atomic E-state index is 11.6. The van der Waals surface area contributed by atoms with E-state index in [1.54, 1.807) is 0 Å². The van der Waals surface area contributed by atoms with E-state index in [1.807, 2.05) is 54.6 Å². The highest BCUT2D eigenvalue weighted by molar-refractivity contribution is 6.09. The van der Waals surface area contributed by atoms with E-state index in [1.165, 1.54) is 7.11 Å². The quantitative estimate of drug-likeness (QED) is 0.801. The number of methoxy groups -OCH3 is 1. The van der Waals surface area contributed by atoms with Gasteiger partial charge in [-0.3, -0.25) is 4.79 Å². The third-order valence-corrected chi connectivity index (χ3v) is 3.37. The number of nitrogens with two attached hydrogens (primary N) is 1. The van der Waals surface area contributed by atoms with E-state index in [4.69, 9.17) is 10.5 Å². The molecule has 2 aromatic carbocycles. The lowest BCUT2D eigenvalue weighted by Gasteiger charge is -2.13. The number of hydrogen-bond donors (Lipinski definition) is 1. The van der Waals surface area contributed by atoms with Gasteiger partial charge in [-0.15, -0.1) is 0 Å². The summed E-state index contributed by atoms with van der Waals surface area (Å²) in [6, 6.07) is 17.4. The van der Waals surface area contributed by atoms with Crippen LogP contribution < -0.4 is 10.5 Å². The van der Waals surface area contributed by atoms with Crippen molar-refractivity contribution in [3.8, 4) is 17.0 Å². The van der Waals surface area contributed by atoms with E-state index in [0.29, 0.717) is 5.88 Å². The molecule has 21 heavy (non-hydrogen) atoms. The number of ether oxygens (including phenoxy) is 1.